The quantitative estimate of drug-likeness (QED) is 0.476. The number of aromatic hydroxyl groups is 1. The maximum atomic E-state index is 10.4. The SMILES string of the molecule is O=CC(=O)c1ccco1.Oc1ccccc1. The molecule has 0 saturated carbocycles. The topological polar surface area (TPSA) is 67.5 Å². The summed E-state index contributed by atoms with van der Waals surface area (Å²) < 4.78 is 4.61. The van der Waals surface area contributed by atoms with Crippen LogP contribution in [0.4, 0.5) is 0 Å². The van der Waals surface area contributed by atoms with E-state index in [0.29, 0.717) is 5.75 Å². The Kier molecular flexibility index (Phi) is 4.53. The summed E-state index contributed by atoms with van der Waals surface area (Å²) in [5.74, 6) is -0.215. The molecule has 1 heterocycles. The van der Waals surface area contributed by atoms with Crippen molar-refractivity contribution in [3.63, 3.8) is 0 Å². The summed E-state index contributed by atoms with van der Waals surface area (Å²) in [7, 11) is 0. The lowest BCUT2D eigenvalue weighted by Crippen LogP contribution is -1.96. The lowest BCUT2D eigenvalue weighted by atomic mass is 10.3. The zero-order chi connectivity index (χ0) is 11.8. The van der Waals surface area contributed by atoms with Crippen molar-refractivity contribution in [1.82, 2.24) is 0 Å². The minimum Gasteiger partial charge on any atom is -0.508 e. The van der Waals surface area contributed by atoms with E-state index in [4.69, 9.17) is 5.11 Å². The van der Waals surface area contributed by atoms with Crippen LogP contribution < -0.4 is 0 Å². The average molecular weight is 218 g/mol. The molecular weight excluding hydrogens is 208 g/mol. The third-order valence-corrected chi connectivity index (χ3v) is 1.63. The van der Waals surface area contributed by atoms with Crippen LogP contribution in [0.1, 0.15) is 10.6 Å². The Morgan fingerprint density at radius 2 is 1.81 bits per heavy atom. The number of phenols is 1. The Hall–Kier alpha value is -2.36. The van der Waals surface area contributed by atoms with E-state index in [0.717, 1.165) is 0 Å². The van der Waals surface area contributed by atoms with Gasteiger partial charge in [-0.3, -0.25) is 9.59 Å². The van der Waals surface area contributed by atoms with Crippen molar-refractivity contribution in [2.75, 3.05) is 0 Å². The second kappa shape index (κ2) is 6.19. The number of hydrogen-bond donors (Lipinski definition) is 1. The smallest absolute Gasteiger partial charge is 0.260 e. The standard InChI is InChI=1S/C6H4O3.C6H6O/c7-4-5(8)6-2-1-3-9-6;7-6-4-2-1-3-5-6/h1-4H;1-5,7H. The van der Waals surface area contributed by atoms with Crippen molar-refractivity contribution in [3.05, 3.63) is 54.5 Å². The van der Waals surface area contributed by atoms with Gasteiger partial charge in [0, 0.05) is 0 Å². The number of aldehydes is 1. The van der Waals surface area contributed by atoms with Gasteiger partial charge in [0.15, 0.2) is 12.0 Å². The number of para-hydroxylation sites is 1. The molecule has 2 aromatic rings. The largest absolute Gasteiger partial charge is 0.508 e. The van der Waals surface area contributed by atoms with Crippen LogP contribution in [0, 0.1) is 0 Å². The Balaban J connectivity index is 0.000000165. The van der Waals surface area contributed by atoms with E-state index in [1.807, 2.05) is 6.07 Å². The molecular formula is C12H10O4. The van der Waals surface area contributed by atoms with Gasteiger partial charge < -0.3 is 9.52 Å². The molecule has 0 spiro atoms. The van der Waals surface area contributed by atoms with Crippen LogP contribution in [-0.4, -0.2) is 17.2 Å². The maximum Gasteiger partial charge on any atom is 0.260 e. The fourth-order valence-electron chi connectivity index (χ4n) is 0.905. The van der Waals surface area contributed by atoms with Crippen LogP contribution >= 0.6 is 0 Å². The van der Waals surface area contributed by atoms with Gasteiger partial charge in [0.05, 0.1) is 6.26 Å². The summed E-state index contributed by atoms with van der Waals surface area (Å²) in [5.41, 5.74) is 0. The fourth-order valence-corrected chi connectivity index (χ4v) is 0.905. The predicted octanol–water partition coefficient (Wildman–Crippen LogP) is 2.05. The molecule has 4 nitrogen and oxygen atoms in total. The van der Waals surface area contributed by atoms with Crippen LogP contribution in [0.15, 0.2) is 53.1 Å². The number of rotatable bonds is 2. The summed E-state index contributed by atoms with van der Waals surface area (Å²) in [6.07, 6.45) is 1.57. The lowest BCUT2D eigenvalue weighted by molar-refractivity contribution is -0.104. The molecule has 0 saturated heterocycles. The summed E-state index contributed by atoms with van der Waals surface area (Å²) in [4.78, 5) is 20.2. The molecule has 1 N–H and O–H groups in total. The summed E-state index contributed by atoms with van der Waals surface area (Å²) >= 11 is 0. The Morgan fingerprint density at radius 3 is 2.19 bits per heavy atom. The number of benzene rings is 1. The van der Waals surface area contributed by atoms with E-state index in [1.54, 1.807) is 30.3 Å². The van der Waals surface area contributed by atoms with E-state index in [1.165, 1.54) is 12.3 Å². The molecule has 2 rings (SSSR count). The first-order valence-electron chi connectivity index (χ1n) is 4.51. The average Bonchev–Trinajstić information content (AvgIpc) is 2.83. The number of Topliss-reactive ketones (excluding diaryl/α,β-unsaturated/α-hetero) is 1. The molecule has 0 aliphatic carbocycles. The fraction of sp³-hybridized carbons (Fsp3) is 0. The molecule has 82 valence electrons. The van der Waals surface area contributed by atoms with E-state index >= 15 is 0 Å². The van der Waals surface area contributed by atoms with Crippen LogP contribution in [0.3, 0.4) is 0 Å². The summed E-state index contributed by atoms with van der Waals surface area (Å²) in [5, 5.41) is 8.63. The van der Waals surface area contributed by atoms with Gasteiger partial charge in [-0.2, -0.15) is 0 Å². The minimum absolute atomic E-state index is 0.0880. The molecule has 0 atom stereocenters. The highest BCUT2D eigenvalue weighted by atomic mass is 16.3. The molecule has 0 aliphatic rings. The first-order chi connectivity index (χ1) is 7.74. The van der Waals surface area contributed by atoms with Crippen molar-refractivity contribution in [2.24, 2.45) is 0 Å². The number of carbonyl (C=O) groups is 2. The van der Waals surface area contributed by atoms with Gasteiger partial charge in [-0.1, -0.05) is 18.2 Å². The maximum absolute atomic E-state index is 10.4. The third kappa shape index (κ3) is 3.79. The summed E-state index contributed by atoms with van der Waals surface area (Å²) in [6.45, 7) is 0. The normalized spacial score (nSPS) is 8.75. The second-order valence-corrected chi connectivity index (χ2v) is 2.79. The van der Waals surface area contributed by atoms with Crippen molar-refractivity contribution < 1.29 is 19.1 Å². The highest BCUT2D eigenvalue weighted by Crippen LogP contribution is 2.02. The lowest BCUT2D eigenvalue weighted by Gasteiger charge is -1.82. The minimum atomic E-state index is -0.625. The predicted molar refractivity (Wildman–Crippen MR) is 57.2 cm³/mol. The Labute approximate surface area is 92.1 Å². The van der Waals surface area contributed by atoms with E-state index in [-0.39, 0.29) is 12.0 Å². The van der Waals surface area contributed by atoms with Crippen molar-refractivity contribution in [1.29, 1.82) is 0 Å². The van der Waals surface area contributed by atoms with Gasteiger partial charge in [0.1, 0.15) is 5.75 Å². The van der Waals surface area contributed by atoms with Crippen molar-refractivity contribution in [3.8, 4) is 5.75 Å². The first kappa shape index (κ1) is 11.7. The molecule has 4 heteroatoms. The zero-order valence-electron chi connectivity index (χ0n) is 8.37. The second-order valence-electron chi connectivity index (χ2n) is 2.79. The number of ketones is 1. The van der Waals surface area contributed by atoms with Crippen molar-refractivity contribution in [2.45, 2.75) is 0 Å². The highest BCUT2D eigenvalue weighted by Gasteiger charge is 2.04. The van der Waals surface area contributed by atoms with E-state index < -0.39 is 5.78 Å². The molecule has 0 unspecified atom stereocenters. The van der Waals surface area contributed by atoms with Crippen LogP contribution in [0.25, 0.3) is 0 Å². The summed E-state index contributed by atoms with van der Waals surface area (Å²) in [6, 6.07) is 11.7. The Bertz CT molecular complexity index is 431. The molecule has 0 fully saturated rings. The van der Waals surface area contributed by atoms with E-state index in [9.17, 15) is 9.59 Å². The van der Waals surface area contributed by atoms with Gasteiger partial charge in [-0.05, 0) is 24.3 Å². The van der Waals surface area contributed by atoms with Gasteiger partial charge in [0.2, 0.25) is 0 Å². The number of hydrogen-bond acceptors (Lipinski definition) is 4. The third-order valence-electron chi connectivity index (χ3n) is 1.63. The van der Waals surface area contributed by atoms with Crippen LogP contribution in [0.5, 0.6) is 5.75 Å². The van der Waals surface area contributed by atoms with Gasteiger partial charge in [-0.15, -0.1) is 0 Å². The van der Waals surface area contributed by atoms with Gasteiger partial charge in [0.25, 0.3) is 5.78 Å². The number of phenolic OH excluding ortho intramolecular Hbond substituents is 1. The van der Waals surface area contributed by atoms with Crippen LogP contribution in [-0.2, 0) is 4.79 Å². The molecule has 16 heavy (non-hydrogen) atoms. The monoisotopic (exact) mass is 218 g/mol. The Morgan fingerprint density at radius 1 is 1.12 bits per heavy atom. The molecule has 1 aromatic heterocycles. The van der Waals surface area contributed by atoms with Gasteiger partial charge in [-0.25, -0.2) is 0 Å². The molecule has 0 bridgehead atoms. The van der Waals surface area contributed by atoms with Gasteiger partial charge >= 0.3 is 0 Å². The molecule has 0 amide bonds. The number of carbonyl (C=O) groups excluding carboxylic acids is 2. The zero-order valence-corrected chi connectivity index (χ0v) is 8.37. The first-order valence-corrected chi connectivity index (χ1v) is 4.51. The molecule has 0 aliphatic heterocycles. The highest BCUT2D eigenvalue weighted by molar-refractivity contribution is 6.32. The van der Waals surface area contributed by atoms with Crippen molar-refractivity contribution >= 4 is 12.1 Å². The number of furan rings is 1. The van der Waals surface area contributed by atoms with Crippen LogP contribution in [0.2, 0.25) is 0 Å². The molecule has 0 radical (unpaired) electrons. The molecule has 1 aromatic carbocycles. The van der Waals surface area contributed by atoms with E-state index in [2.05, 4.69) is 4.42 Å².